The van der Waals surface area contributed by atoms with E-state index >= 15 is 0 Å². The standard InChI is InChI=1S/C37H52N6O3/c1-8-41(9-2)20-19-38-36(44)31-25-28(39-37(45)40-35-29(26(3)4)13-12-14-30(35)27(5)6)17-18-32(31)42-21-23-43(24-22-42)33-15-10-11-16-34(33)46-7/h10-18,25-27H,8-9,19-24H2,1-7H3,(H,38,44)(H2,39,40,45). The summed E-state index contributed by atoms with van der Waals surface area (Å²) in [5, 5.41) is 9.25. The van der Waals surface area contributed by atoms with Crippen molar-refractivity contribution in [2.24, 2.45) is 0 Å². The molecule has 3 aromatic rings. The van der Waals surface area contributed by atoms with Crippen LogP contribution in [-0.2, 0) is 0 Å². The number of piperazine rings is 1. The summed E-state index contributed by atoms with van der Waals surface area (Å²) in [6, 6.07) is 19.5. The minimum absolute atomic E-state index is 0.148. The molecular formula is C37H52N6O3. The van der Waals surface area contributed by atoms with Crippen molar-refractivity contribution in [3.63, 3.8) is 0 Å². The molecule has 0 aliphatic carbocycles. The molecule has 0 radical (unpaired) electrons. The summed E-state index contributed by atoms with van der Waals surface area (Å²) in [6.07, 6.45) is 0. The monoisotopic (exact) mass is 628 g/mol. The number of hydrogen-bond donors (Lipinski definition) is 3. The van der Waals surface area contributed by atoms with Gasteiger partial charge in [0.25, 0.3) is 5.91 Å². The van der Waals surface area contributed by atoms with Gasteiger partial charge in [0.15, 0.2) is 0 Å². The molecule has 9 heteroatoms. The lowest BCUT2D eigenvalue weighted by Gasteiger charge is -2.38. The van der Waals surface area contributed by atoms with Gasteiger partial charge < -0.3 is 35.4 Å². The average Bonchev–Trinajstić information content (AvgIpc) is 3.06. The molecule has 9 nitrogen and oxygen atoms in total. The van der Waals surface area contributed by atoms with E-state index in [1.165, 1.54) is 0 Å². The third kappa shape index (κ3) is 8.51. The number of nitrogens with zero attached hydrogens (tertiary/aromatic N) is 3. The number of hydrogen-bond acceptors (Lipinski definition) is 6. The number of likely N-dealkylation sites (N-methyl/N-ethyl adjacent to an activating group) is 1. The van der Waals surface area contributed by atoms with Crippen molar-refractivity contribution >= 4 is 34.7 Å². The Morgan fingerprint density at radius 2 is 1.41 bits per heavy atom. The fourth-order valence-electron chi connectivity index (χ4n) is 6.08. The first kappa shape index (κ1) is 34.6. The third-order valence-corrected chi connectivity index (χ3v) is 8.76. The van der Waals surface area contributed by atoms with E-state index in [2.05, 4.69) is 90.4 Å². The van der Waals surface area contributed by atoms with Gasteiger partial charge in [-0.25, -0.2) is 4.79 Å². The van der Waals surface area contributed by atoms with Gasteiger partial charge in [-0.3, -0.25) is 4.79 Å². The zero-order valence-corrected chi connectivity index (χ0v) is 28.7. The van der Waals surface area contributed by atoms with Gasteiger partial charge in [-0.2, -0.15) is 0 Å². The number of para-hydroxylation sites is 3. The maximum Gasteiger partial charge on any atom is 0.323 e. The van der Waals surface area contributed by atoms with Gasteiger partial charge in [-0.1, -0.05) is 71.9 Å². The molecule has 1 aliphatic rings. The van der Waals surface area contributed by atoms with Crippen molar-refractivity contribution in [1.82, 2.24) is 10.2 Å². The fraction of sp³-hybridized carbons (Fsp3) is 0.459. The Morgan fingerprint density at radius 1 is 0.804 bits per heavy atom. The molecule has 46 heavy (non-hydrogen) atoms. The van der Waals surface area contributed by atoms with E-state index in [0.29, 0.717) is 17.8 Å². The van der Waals surface area contributed by atoms with Crippen molar-refractivity contribution in [1.29, 1.82) is 0 Å². The van der Waals surface area contributed by atoms with E-state index in [4.69, 9.17) is 4.74 Å². The lowest BCUT2D eigenvalue weighted by Crippen LogP contribution is -2.47. The van der Waals surface area contributed by atoms with Gasteiger partial charge in [0.2, 0.25) is 0 Å². The molecule has 3 amide bonds. The first-order valence-corrected chi connectivity index (χ1v) is 16.6. The number of rotatable bonds is 13. The fourth-order valence-corrected chi connectivity index (χ4v) is 6.08. The third-order valence-electron chi connectivity index (χ3n) is 8.76. The minimum Gasteiger partial charge on any atom is -0.495 e. The zero-order chi connectivity index (χ0) is 33.2. The van der Waals surface area contributed by atoms with Gasteiger partial charge in [0.1, 0.15) is 5.75 Å². The molecule has 3 N–H and O–H groups in total. The minimum atomic E-state index is -0.332. The van der Waals surface area contributed by atoms with Crippen LogP contribution in [0.4, 0.5) is 27.5 Å². The van der Waals surface area contributed by atoms with Crippen LogP contribution in [0, 0.1) is 0 Å². The molecule has 1 heterocycles. The molecule has 4 rings (SSSR count). The molecule has 1 saturated heterocycles. The van der Waals surface area contributed by atoms with E-state index in [1.807, 2.05) is 36.4 Å². The van der Waals surface area contributed by atoms with E-state index in [0.717, 1.165) is 79.8 Å². The molecule has 0 spiro atoms. The first-order chi connectivity index (χ1) is 22.2. The summed E-state index contributed by atoms with van der Waals surface area (Å²) in [5.74, 6) is 1.21. The van der Waals surface area contributed by atoms with Crippen molar-refractivity contribution < 1.29 is 14.3 Å². The second-order valence-corrected chi connectivity index (χ2v) is 12.4. The molecule has 1 fully saturated rings. The molecule has 0 bridgehead atoms. The van der Waals surface area contributed by atoms with Crippen LogP contribution in [0.2, 0.25) is 0 Å². The number of carbonyl (C=O) groups is 2. The summed E-state index contributed by atoms with van der Waals surface area (Å²) in [7, 11) is 1.70. The lowest BCUT2D eigenvalue weighted by molar-refractivity contribution is 0.0949. The second kappa shape index (κ2) is 16.4. The van der Waals surface area contributed by atoms with E-state index in [1.54, 1.807) is 13.2 Å². The molecule has 3 aromatic carbocycles. The van der Waals surface area contributed by atoms with E-state index in [9.17, 15) is 9.59 Å². The van der Waals surface area contributed by atoms with Gasteiger partial charge in [0.05, 0.1) is 18.4 Å². The number of urea groups is 1. The first-order valence-electron chi connectivity index (χ1n) is 16.6. The Labute approximate surface area is 275 Å². The quantitative estimate of drug-likeness (QED) is 0.189. The highest BCUT2D eigenvalue weighted by Gasteiger charge is 2.24. The highest BCUT2D eigenvalue weighted by atomic mass is 16.5. The topological polar surface area (TPSA) is 89.2 Å². The normalized spacial score (nSPS) is 13.3. The predicted octanol–water partition coefficient (Wildman–Crippen LogP) is 6.98. The van der Waals surface area contributed by atoms with Crippen LogP contribution >= 0.6 is 0 Å². The van der Waals surface area contributed by atoms with Gasteiger partial charge in [0, 0.05) is 56.3 Å². The number of carbonyl (C=O) groups excluding carboxylic acids is 2. The number of anilines is 4. The van der Waals surface area contributed by atoms with Gasteiger partial charge >= 0.3 is 6.03 Å². The Hall–Kier alpha value is -4.24. The van der Waals surface area contributed by atoms with Gasteiger partial charge in [-0.05, 0) is 66.4 Å². The summed E-state index contributed by atoms with van der Waals surface area (Å²) in [4.78, 5) is 33.9. The highest BCUT2D eigenvalue weighted by Crippen LogP contribution is 2.33. The summed E-state index contributed by atoms with van der Waals surface area (Å²) in [6.45, 7) is 19.0. The maximum absolute atomic E-state index is 13.7. The average molecular weight is 629 g/mol. The Morgan fingerprint density at radius 3 is 2.00 bits per heavy atom. The predicted molar refractivity (Wildman–Crippen MR) is 191 cm³/mol. The summed E-state index contributed by atoms with van der Waals surface area (Å²) >= 11 is 0. The summed E-state index contributed by atoms with van der Waals surface area (Å²) < 4.78 is 5.60. The molecule has 248 valence electrons. The number of benzene rings is 3. The van der Waals surface area contributed by atoms with Crippen LogP contribution in [0.25, 0.3) is 0 Å². The highest BCUT2D eigenvalue weighted by molar-refractivity contribution is 6.04. The Balaban J connectivity index is 1.55. The van der Waals surface area contributed by atoms with Crippen LogP contribution in [0.15, 0.2) is 60.7 Å². The molecule has 0 atom stereocenters. The van der Waals surface area contributed by atoms with Gasteiger partial charge in [-0.15, -0.1) is 0 Å². The molecular weight excluding hydrogens is 576 g/mol. The van der Waals surface area contributed by atoms with Crippen LogP contribution in [0.1, 0.15) is 74.9 Å². The smallest absolute Gasteiger partial charge is 0.323 e. The van der Waals surface area contributed by atoms with Crippen LogP contribution in [-0.4, -0.2) is 76.3 Å². The van der Waals surface area contributed by atoms with Crippen LogP contribution < -0.4 is 30.5 Å². The van der Waals surface area contributed by atoms with Crippen LogP contribution in [0.5, 0.6) is 5.75 Å². The molecule has 0 unspecified atom stereocenters. The zero-order valence-electron chi connectivity index (χ0n) is 28.7. The SMILES string of the molecule is CCN(CC)CCNC(=O)c1cc(NC(=O)Nc2c(C(C)C)cccc2C(C)C)ccc1N1CCN(c2ccccc2OC)CC1. The number of nitrogens with one attached hydrogen (secondary N) is 3. The lowest BCUT2D eigenvalue weighted by atomic mass is 9.93. The Kier molecular flexibility index (Phi) is 12.3. The number of amides is 3. The van der Waals surface area contributed by atoms with E-state index < -0.39 is 0 Å². The second-order valence-electron chi connectivity index (χ2n) is 12.4. The Bertz CT molecular complexity index is 1430. The summed E-state index contributed by atoms with van der Waals surface area (Å²) in [5.41, 5.74) is 6.09. The molecule has 1 aliphatic heterocycles. The van der Waals surface area contributed by atoms with Crippen LogP contribution in [0.3, 0.4) is 0 Å². The largest absolute Gasteiger partial charge is 0.495 e. The van der Waals surface area contributed by atoms with Crippen molar-refractivity contribution in [2.75, 3.05) is 79.9 Å². The van der Waals surface area contributed by atoms with Crippen molar-refractivity contribution in [2.45, 2.75) is 53.4 Å². The number of methoxy groups -OCH3 is 1. The van der Waals surface area contributed by atoms with E-state index in [-0.39, 0.29) is 23.8 Å². The van der Waals surface area contributed by atoms with Crippen molar-refractivity contribution in [3.8, 4) is 5.75 Å². The maximum atomic E-state index is 13.7. The number of ether oxygens (including phenoxy) is 1. The molecule has 0 aromatic heterocycles. The van der Waals surface area contributed by atoms with Crippen molar-refractivity contribution in [3.05, 3.63) is 77.4 Å². The molecule has 0 saturated carbocycles.